The van der Waals surface area contributed by atoms with Crippen molar-refractivity contribution in [2.24, 2.45) is 0 Å². The van der Waals surface area contributed by atoms with Crippen LogP contribution in [0.25, 0.3) is 65.1 Å². The van der Waals surface area contributed by atoms with Crippen LogP contribution >= 0.6 is 11.3 Å². The molecule has 0 fully saturated rings. The SMILES string of the molecule is CCCc1cc2cc(-c3ccc(-c4nc5ncccc5s4)cc3)ccc2cc1-c1ccc(-c2ccc([Si](C)(C)C)cc2)cc1. The van der Waals surface area contributed by atoms with Crippen LogP contribution in [-0.2, 0) is 6.42 Å². The molecule has 0 saturated heterocycles. The first-order valence-electron chi connectivity index (χ1n) is 15.5. The van der Waals surface area contributed by atoms with Crippen molar-refractivity contribution in [3.05, 3.63) is 127 Å². The van der Waals surface area contributed by atoms with E-state index in [-0.39, 0.29) is 0 Å². The monoisotopic (exact) mass is 604 g/mol. The van der Waals surface area contributed by atoms with Gasteiger partial charge in [-0.25, -0.2) is 9.97 Å². The van der Waals surface area contributed by atoms with E-state index >= 15 is 0 Å². The molecule has 216 valence electrons. The van der Waals surface area contributed by atoms with Gasteiger partial charge < -0.3 is 0 Å². The lowest BCUT2D eigenvalue weighted by Crippen LogP contribution is -2.37. The number of aromatic nitrogens is 2. The number of hydrogen-bond acceptors (Lipinski definition) is 3. The number of benzene rings is 5. The maximum absolute atomic E-state index is 4.73. The van der Waals surface area contributed by atoms with E-state index in [1.54, 1.807) is 17.5 Å². The second-order valence-corrected chi connectivity index (χ2v) is 18.8. The van der Waals surface area contributed by atoms with Gasteiger partial charge in [0.15, 0.2) is 5.65 Å². The van der Waals surface area contributed by atoms with Crippen LogP contribution in [0.2, 0.25) is 19.6 Å². The quantitative estimate of drug-likeness (QED) is 0.169. The Morgan fingerprint density at radius 2 is 1.23 bits per heavy atom. The third kappa shape index (κ3) is 5.63. The van der Waals surface area contributed by atoms with Crippen molar-refractivity contribution >= 4 is 45.7 Å². The molecular formula is C40H36N2SSi. The molecule has 0 saturated carbocycles. The molecule has 0 radical (unpaired) electrons. The normalized spacial score (nSPS) is 11.8. The predicted molar refractivity (Wildman–Crippen MR) is 194 cm³/mol. The topological polar surface area (TPSA) is 25.8 Å². The van der Waals surface area contributed by atoms with Crippen molar-refractivity contribution in [2.45, 2.75) is 39.4 Å². The summed E-state index contributed by atoms with van der Waals surface area (Å²) in [6.45, 7) is 9.46. The van der Waals surface area contributed by atoms with E-state index in [0.29, 0.717) is 0 Å². The molecule has 0 aliphatic heterocycles. The van der Waals surface area contributed by atoms with Crippen LogP contribution in [0.1, 0.15) is 18.9 Å². The van der Waals surface area contributed by atoms with E-state index in [1.165, 1.54) is 54.9 Å². The number of rotatable bonds is 7. The van der Waals surface area contributed by atoms with Crippen LogP contribution in [-0.4, -0.2) is 18.0 Å². The minimum atomic E-state index is -1.29. The molecule has 0 aliphatic carbocycles. The van der Waals surface area contributed by atoms with Crippen molar-refractivity contribution < 1.29 is 0 Å². The second-order valence-electron chi connectivity index (χ2n) is 12.6. The van der Waals surface area contributed by atoms with Gasteiger partial charge in [-0.05, 0) is 80.4 Å². The third-order valence-corrected chi connectivity index (χ3v) is 11.6. The van der Waals surface area contributed by atoms with Crippen molar-refractivity contribution in [3.8, 4) is 44.0 Å². The summed E-state index contributed by atoms with van der Waals surface area (Å²) in [5.74, 6) is 0. The van der Waals surface area contributed by atoms with E-state index in [1.807, 2.05) is 6.07 Å². The molecule has 2 aromatic heterocycles. The summed E-state index contributed by atoms with van der Waals surface area (Å²) in [6.07, 6.45) is 3.97. The molecule has 0 bridgehead atoms. The molecule has 0 spiro atoms. The molecule has 0 atom stereocenters. The highest BCUT2D eigenvalue weighted by Crippen LogP contribution is 2.35. The predicted octanol–water partition coefficient (Wildman–Crippen LogP) is 11.0. The number of hydrogen-bond donors (Lipinski definition) is 0. The molecule has 2 heterocycles. The Labute approximate surface area is 265 Å². The number of nitrogens with zero attached hydrogens (tertiary/aromatic N) is 2. The summed E-state index contributed by atoms with van der Waals surface area (Å²) in [5, 5.41) is 5.07. The first-order chi connectivity index (χ1) is 21.4. The molecule has 4 heteroatoms. The maximum atomic E-state index is 4.73. The third-order valence-electron chi connectivity index (χ3n) is 8.49. The minimum absolute atomic E-state index is 0.816. The standard InChI is InChI=1S/C40H36N2SSi/c1-5-7-34-25-35-24-32(29-11-15-31(16-12-29)40-42-39-38(43-40)8-6-23-41-39)17-18-33(35)26-37(34)30-13-9-27(10-14-30)28-19-21-36(22-20-28)44(2,3)4/h6,8-26H,5,7H2,1-4H3. The summed E-state index contributed by atoms with van der Waals surface area (Å²) < 4.78 is 1.12. The van der Waals surface area contributed by atoms with E-state index in [0.717, 1.165) is 33.8 Å². The van der Waals surface area contributed by atoms with Crippen LogP contribution < -0.4 is 5.19 Å². The summed E-state index contributed by atoms with van der Waals surface area (Å²) in [7, 11) is -1.29. The summed E-state index contributed by atoms with van der Waals surface area (Å²) in [4.78, 5) is 9.12. The van der Waals surface area contributed by atoms with Gasteiger partial charge in [0.2, 0.25) is 0 Å². The molecule has 0 amide bonds. The van der Waals surface area contributed by atoms with E-state index in [2.05, 4.69) is 141 Å². The zero-order chi connectivity index (χ0) is 30.3. The molecule has 5 aromatic carbocycles. The zero-order valence-corrected chi connectivity index (χ0v) is 27.6. The van der Waals surface area contributed by atoms with Gasteiger partial charge in [-0.3, -0.25) is 0 Å². The molecule has 0 aliphatic rings. The van der Waals surface area contributed by atoms with E-state index in [9.17, 15) is 0 Å². The molecule has 7 rings (SSSR count). The van der Waals surface area contributed by atoms with Crippen molar-refractivity contribution in [1.29, 1.82) is 0 Å². The number of thiazole rings is 1. The van der Waals surface area contributed by atoms with Gasteiger partial charge in [0, 0.05) is 11.8 Å². The van der Waals surface area contributed by atoms with Crippen LogP contribution in [0.3, 0.4) is 0 Å². The summed E-state index contributed by atoms with van der Waals surface area (Å²) >= 11 is 1.69. The van der Waals surface area contributed by atoms with Crippen molar-refractivity contribution in [1.82, 2.24) is 9.97 Å². The van der Waals surface area contributed by atoms with Crippen LogP contribution in [0, 0.1) is 0 Å². The lowest BCUT2D eigenvalue weighted by atomic mass is 9.91. The van der Waals surface area contributed by atoms with Crippen LogP contribution in [0.5, 0.6) is 0 Å². The van der Waals surface area contributed by atoms with Crippen molar-refractivity contribution in [3.63, 3.8) is 0 Å². The smallest absolute Gasteiger partial charge is 0.170 e. The first-order valence-corrected chi connectivity index (χ1v) is 19.8. The molecule has 44 heavy (non-hydrogen) atoms. The Morgan fingerprint density at radius 1 is 0.614 bits per heavy atom. The summed E-state index contributed by atoms with van der Waals surface area (Å²) in [6, 6.07) is 42.8. The Hall–Kier alpha value is -4.38. The van der Waals surface area contributed by atoms with Gasteiger partial charge in [0.25, 0.3) is 0 Å². The lowest BCUT2D eigenvalue weighted by Gasteiger charge is -2.17. The highest BCUT2D eigenvalue weighted by atomic mass is 32.1. The Bertz CT molecular complexity index is 2050. The average Bonchev–Trinajstić information content (AvgIpc) is 3.49. The Morgan fingerprint density at radius 3 is 1.89 bits per heavy atom. The van der Waals surface area contributed by atoms with E-state index < -0.39 is 8.07 Å². The molecule has 0 unspecified atom stereocenters. The average molecular weight is 605 g/mol. The Kier molecular flexibility index (Phi) is 7.49. The van der Waals surface area contributed by atoms with Crippen LogP contribution in [0.4, 0.5) is 0 Å². The lowest BCUT2D eigenvalue weighted by molar-refractivity contribution is 0.925. The van der Waals surface area contributed by atoms with Gasteiger partial charge in [-0.2, -0.15) is 0 Å². The number of pyridine rings is 1. The van der Waals surface area contributed by atoms with Crippen LogP contribution in [0.15, 0.2) is 121 Å². The Balaban J connectivity index is 1.17. The minimum Gasteiger partial charge on any atom is -0.236 e. The zero-order valence-electron chi connectivity index (χ0n) is 25.8. The molecule has 7 aromatic rings. The highest BCUT2D eigenvalue weighted by molar-refractivity contribution is 7.21. The fraction of sp³-hybridized carbons (Fsp3) is 0.150. The van der Waals surface area contributed by atoms with Gasteiger partial charge in [-0.1, -0.05) is 129 Å². The molecule has 2 nitrogen and oxygen atoms in total. The summed E-state index contributed by atoms with van der Waals surface area (Å²) in [5.41, 5.74) is 11.0. The fourth-order valence-electron chi connectivity index (χ4n) is 5.97. The van der Waals surface area contributed by atoms with Gasteiger partial charge in [0.05, 0.1) is 12.8 Å². The maximum Gasteiger partial charge on any atom is 0.170 e. The largest absolute Gasteiger partial charge is 0.236 e. The number of fused-ring (bicyclic) bond motifs is 2. The van der Waals surface area contributed by atoms with Crippen molar-refractivity contribution in [2.75, 3.05) is 0 Å². The van der Waals surface area contributed by atoms with Gasteiger partial charge in [0.1, 0.15) is 5.01 Å². The molecular weight excluding hydrogens is 569 g/mol. The fourth-order valence-corrected chi connectivity index (χ4v) is 8.07. The number of aryl methyl sites for hydroxylation is 1. The molecule has 0 N–H and O–H groups in total. The van der Waals surface area contributed by atoms with Gasteiger partial charge >= 0.3 is 0 Å². The van der Waals surface area contributed by atoms with E-state index in [4.69, 9.17) is 4.98 Å². The van der Waals surface area contributed by atoms with Gasteiger partial charge in [-0.15, -0.1) is 11.3 Å². The highest BCUT2D eigenvalue weighted by Gasteiger charge is 2.16. The second kappa shape index (κ2) is 11.6. The first kappa shape index (κ1) is 28.4.